The van der Waals surface area contributed by atoms with Crippen LogP contribution in [0.3, 0.4) is 0 Å². The van der Waals surface area contributed by atoms with E-state index in [1.807, 2.05) is 0 Å². The molecule has 1 saturated heterocycles. The van der Waals surface area contributed by atoms with Crippen LogP contribution in [0.15, 0.2) is 12.2 Å². The van der Waals surface area contributed by atoms with E-state index in [-0.39, 0.29) is 38.3 Å². The molecule has 1 fully saturated rings. The van der Waals surface area contributed by atoms with E-state index in [2.05, 4.69) is 11.1 Å². The molecule has 1 heterocycles. The largest absolute Gasteiger partial charge is 0.481 e. The van der Waals surface area contributed by atoms with Crippen LogP contribution in [0.5, 0.6) is 0 Å². The van der Waals surface area contributed by atoms with E-state index in [1.54, 1.807) is 6.92 Å². The van der Waals surface area contributed by atoms with Crippen LogP contribution in [0.25, 0.3) is 0 Å². The van der Waals surface area contributed by atoms with Crippen molar-refractivity contribution in [2.45, 2.75) is 20.7 Å². The molecule has 25 heavy (non-hydrogen) atoms. The molecule has 0 amide bonds. The summed E-state index contributed by atoms with van der Waals surface area (Å²) in [4.78, 5) is 39.8. The van der Waals surface area contributed by atoms with Gasteiger partial charge in [0.25, 0.3) is 0 Å². The van der Waals surface area contributed by atoms with Gasteiger partial charge >= 0.3 is 19.8 Å². The van der Waals surface area contributed by atoms with Crippen molar-refractivity contribution in [3.63, 3.8) is 0 Å². The minimum absolute atomic E-state index is 0.00972. The van der Waals surface area contributed by atoms with Gasteiger partial charge < -0.3 is 19.6 Å². The fourth-order valence-corrected chi connectivity index (χ4v) is 9.16. The zero-order valence-corrected chi connectivity index (χ0v) is 17.4. The van der Waals surface area contributed by atoms with Gasteiger partial charge in [0.05, 0.1) is 26.1 Å². The summed E-state index contributed by atoms with van der Waals surface area (Å²) < 4.78 is 20.2. The molecule has 0 aliphatic carbocycles. The highest BCUT2D eigenvalue weighted by Gasteiger charge is 2.33. The Labute approximate surface area is 162 Å². The summed E-state index contributed by atoms with van der Waals surface area (Å²) in [6.45, 7) is 5.01. The van der Waals surface area contributed by atoms with Crippen LogP contribution in [0.2, 0.25) is 0 Å². The number of rotatable bonds is 10. The standard InChI is InChI=1S/C12H19O8PS4/c1-7(2)12(15)19-3-9-23-10(4-20-21(16,17)18)25-11(24-9)6-22-5-8(13)14/h9-11H,1,3-6H2,2H3,(H,13,14)(H2,16,17,18). The molecule has 3 unspecified atom stereocenters. The summed E-state index contributed by atoms with van der Waals surface area (Å²) in [6, 6.07) is 0. The number of phosphoric ester groups is 1. The number of ether oxygens (including phenoxy) is 1. The fraction of sp³-hybridized carbons (Fsp3) is 0.667. The zero-order chi connectivity index (χ0) is 19.0. The molecule has 8 nitrogen and oxygen atoms in total. The van der Waals surface area contributed by atoms with Crippen molar-refractivity contribution in [1.29, 1.82) is 0 Å². The number of carboxylic acid groups (broad SMARTS) is 1. The van der Waals surface area contributed by atoms with Gasteiger partial charge in [-0.15, -0.1) is 47.0 Å². The second-order valence-corrected chi connectivity index (χ2v) is 12.2. The van der Waals surface area contributed by atoms with Crippen LogP contribution < -0.4 is 0 Å². The topological polar surface area (TPSA) is 130 Å². The third-order valence-corrected chi connectivity index (χ3v) is 9.09. The maximum absolute atomic E-state index is 11.5. The predicted molar refractivity (Wildman–Crippen MR) is 103 cm³/mol. The predicted octanol–water partition coefficient (Wildman–Crippen LogP) is 2.22. The normalized spacial score (nSPS) is 23.9. The van der Waals surface area contributed by atoms with Gasteiger partial charge in [-0.1, -0.05) is 6.58 Å². The van der Waals surface area contributed by atoms with Crippen LogP contribution in [-0.2, 0) is 23.4 Å². The van der Waals surface area contributed by atoms with Crippen LogP contribution in [0.4, 0.5) is 0 Å². The number of esters is 1. The minimum atomic E-state index is -4.56. The van der Waals surface area contributed by atoms with E-state index in [0.29, 0.717) is 5.75 Å². The molecule has 1 aliphatic rings. The first-order valence-corrected chi connectivity index (χ1v) is 12.4. The molecule has 0 aromatic rings. The third-order valence-electron chi connectivity index (χ3n) is 2.47. The van der Waals surface area contributed by atoms with Crippen LogP contribution in [-0.4, -0.2) is 65.3 Å². The van der Waals surface area contributed by atoms with E-state index < -0.39 is 19.8 Å². The molecule has 0 radical (unpaired) electrons. The van der Waals surface area contributed by atoms with Crippen molar-refractivity contribution < 1.29 is 38.3 Å². The molecule has 0 aromatic heterocycles. The van der Waals surface area contributed by atoms with Gasteiger partial charge in [0.15, 0.2) is 0 Å². The van der Waals surface area contributed by atoms with Gasteiger partial charge in [0, 0.05) is 11.3 Å². The van der Waals surface area contributed by atoms with Crippen molar-refractivity contribution in [3.05, 3.63) is 12.2 Å². The molecule has 0 bridgehead atoms. The Bertz CT molecular complexity index is 539. The number of thioether (sulfide) groups is 4. The van der Waals surface area contributed by atoms with Crippen LogP contribution >= 0.6 is 54.9 Å². The first-order valence-electron chi connectivity index (χ1n) is 6.85. The van der Waals surface area contributed by atoms with Gasteiger partial charge in [-0.2, -0.15) is 0 Å². The molecule has 0 saturated carbocycles. The number of carboxylic acids is 1. The molecule has 144 valence electrons. The minimum Gasteiger partial charge on any atom is -0.481 e. The van der Waals surface area contributed by atoms with Gasteiger partial charge in [-0.3, -0.25) is 9.32 Å². The molecule has 0 aromatic carbocycles. The molecule has 1 rings (SSSR count). The zero-order valence-electron chi connectivity index (χ0n) is 13.2. The van der Waals surface area contributed by atoms with Gasteiger partial charge in [0.1, 0.15) is 6.61 Å². The Morgan fingerprint density at radius 1 is 1.16 bits per heavy atom. The van der Waals surface area contributed by atoms with E-state index in [1.165, 1.54) is 47.0 Å². The second kappa shape index (κ2) is 11.1. The maximum atomic E-state index is 11.5. The Balaban J connectivity index is 2.59. The van der Waals surface area contributed by atoms with E-state index in [4.69, 9.17) is 19.6 Å². The lowest BCUT2D eigenvalue weighted by Crippen LogP contribution is -2.27. The molecular formula is C12H19O8PS4. The molecule has 0 spiro atoms. The van der Waals surface area contributed by atoms with Crippen molar-refractivity contribution in [3.8, 4) is 0 Å². The average Bonchev–Trinajstić information content (AvgIpc) is 2.49. The Morgan fingerprint density at radius 2 is 1.72 bits per heavy atom. The van der Waals surface area contributed by atoms with Gasteiger partial charge in [-0.05, 0) is 6.92 Å². The summed E-state index contributed by atoms with van der Waals surface area (Å²) in [5.41, 5.74) is 0.287. The highest BCUT2D eigenvalue weighted by atomic mass is 32.3. The van der Waals surface area contributed by atoms with Crippen LogP contribution in [0.1, 0.15) is 6.92 Å². The summed E-state index contributed by atoms with van der Waals surface area (Å²) in [6.07, 6.45) is 0. The highest BCUT2D eigenvalue weighted by molar-refractivity contribution is 8.34. The lowest BCUT2D eigenvalue weighted by molar-refractivity contribution is -0.138. The number of hydrogen-bond acceptors (Lipinski definition) is 9. The fourth-order valence-electron chi connectivity index (χ4n) is 1.51. The summed E-state index contributed by atoms with van der Waals surface area (Å²) in [5.74, 6) is -0.888. The number of carbonyl (C=O) groups is 2. The summed E-state index contributed by atoms with van der Waals surface area (Å²) >= 11 is 5.64. The number of phosphoric acid groups is 1. The Kier molecular flexibility index (Phi) is 10.3. The maximum Gasteiger partial charge on any atom is 0.469 e. The van der Waals surface area contributed by atoms with Crippen molar-refractivity contribution in [2.24, 2.45) is 0 Å². The second-order valence-electron chi connectivity index (χ2n) is 4.77. The van der Waals surface area contributed by atoms with E-state index in [0.717, 1.165) is 0 Å². The summed E-state index contributed by atoms with van der Waals surface area (Å²) in [7, 11) is -4.56. The van der Waals surface area contributed by atoms with Gasteiger partial charge in [-0.25, -0.2) is 9.36 Å². The molecule has 3 atom stereocenters. The number of hydrogen-bond donors (Lipinski definition) is 3. The molecule has 1 aliphatic heterocycles. The Hall–Kier alpha value is 0.190. The smallest absolute Gasteiger partial charge is 0.469 e. The molecule has 13 heteroatoms. The third kappa shape index (κ3) is 10.8. The Morgan fingerprint density at radius 3 is 2.24 bits per heavy atom. The lowest BCUT2D eigenvalue weighted by atomic mass is 10.4. The van der Waals surface area contributed by atoms with Crippen molar-refractivity contribution in [1.82, 2.24) is 0 Å². The van der Waals surface area contributed by atoms with Gasteiger partial charge in [0.2, 0.25) is 0 Å². The first kappa shape index (κ1) is 23.2. The molecule has 3 N–H and O–H groups in total. The molecular weight excluding hydrogens is 431 g/mol. The number of aliphatic carboxylic acids is 1. The summed E-state index contributed by atoms with van der Waals surface area (Å²) in [5, 5.41) is 8.71. The van der Waals surface area contributed by atoms with Crippen LogP contribution in [0, 0.1) is 0 Å². The van der Waals surface area contributed by atoms with Crippen molar-refractivity contribution in [2.75, 3.05) is 24.7 Å². The quantitative estimate of drug-likeness (QED) is 0.256. The lowest BCUT2D eigenvalue weighted by Gasteiger charge is -2.33. The van der Waals surface area contributed by atoms with E-state index >= 15 is 0 Å². The monoisotopic (exact) mass is 450 g/mol. The SMILES string of the molecule is C=C(C)C(=O)OCC1SC(COP(=O)(O)O)SC(CSCC(=O)O)S1. The van der Waals surface area contributed by atoms with Crippen molar-refractivity contribution >= 4 is 66.8 Å². The average molecular weight is 451 g/mol. The number of carbonyl (C=O) groups excluding carboxylic acids is 1. The first-order chi connectivity index (χ1) is 11.6. The van der Waals surface area contributed by atoms with E-state index in [9.17, 15) is 14.2 Å². The highest BCUT2D eigenvalue weighted by Crippen LogP contribution is 2.49.